The summed E-state index contributed by atoms with van der Waals surface area (Å²) in [5.41, 5.74) is 0.618. The Morgan fingerprint density at radius 1 is 1.03 bits per heavy atom. The topological polar surface area (TPSA) is 58.6 Å². The molecule has 2 aromatic carbocycles. The van der Waals surface area contributed by atoms with Gasteiger partial charge in [0.15, 0.2) is 6.61 Å². The standard InChI is InChI=1S/C25H30Cl2N2O3/c1-2-23(25(31)28-18-10-5-3-6-11-18)29(16-20-21(26)14-9-15-22(20)27)24(30)17-32-19-12-7-4-8-13-19/h4,7-9,12-15,18,23H,2-3,5-6,10-11,16-17H2,1H3,(H,28,31)/t23-/m1/s1. The predicted molar refractivity (Wildman–Crippen MR) is 128 cm³/mol. The van der Waals surface area contributed by atoms with Crippen LogP contribution >= 0.6 is 23.2 Å². The molecule has 0 spiro atoms. The highest BCUT2D eigenvalue weighted by atomic mass is 35.5. The molecule has 172 valence electrons. The van der Waals surface area contributed by atoms with E-state index in [1.54, 1.807) is 30.3 Å². The first-order valence-corrected chi connectivity index (χ1v) is 12.0. The Balaban J connectivity index is 1.80. The van der Waals surface area contributed by atoms with Gasteiger partial charge in [0.2, 0.25) is 5.91 Å². The van der Waals surface area contributed by atoms with Gasteiger partial charge in [-0.3, -0.25) is 9.59 Å². The number of benzene rings is 2. The molecule has 0 saturated heterocycles. The van der Waals surface area contributed by atoms with Crippen molar-refractivity contribution in [2.45, 2.75) is 64.1 Å². The average Bonchev–Trinajstić information content (AvgIpc) is 2.80. The second kappa shape index (κ2) is 12.1. The van der Waals surface area contributed by atoms with E-state index in [0.29, 0.717) is 27.8 Å². The summed E-state index contributed by atoms with van der Waals surface area (Å²) >= 11 is 12.8. The van der Waals surface area contributed by atoms with E-state index in [-0.39, 0.29) is 31.0 Å². The van der Waals surface area contributed by atoms with Gasteiger partial charge in [-0.25, -0.2) is 0 Å². The van der Waals surface area contributed by atoms with Gasteiger partial charge < -0.3 is 15.0 Å². The quantitative estimate of drug-likeness (QED) is 0.510. The minimum atomic E-state index is -0.642. The van der Waals surface area contributed by atoms with Gasteiger partial charge in [-0.05, 0) is 43.5 Å². The Morgan fingerprint density at radius 3 is 2.31 bits per heavy atom. The molecule has 7 heteroatoms. The first kappa shape index (κ1) is 24.4. The second-order valence-electron chi connectivity index (χ2n) is 8.09. The lowest BCUT2D eigenvalue weighted by molar-refractivity contribution is -0.143. The van der Waals surface area contributed by atoms with Crippen LogP contribution in [0, 0.1) is 0 Å². The number of rotatable bonds is 9. The number of hydrogen-bond acceptors (Lipinski definition) is 3. The zero-order valence-corrected chi connectivity index (χ0v) is 19.9. The van der Waals surface area contributed by atoms with Crippen molar-refractivity contribution < 1.29 is 14.3 Å². The third kappa shape index (κ3) is 6.63. The second-order valence-corrected chi connectivity index (χ2v) is 8.91. The molecule has 1 fully saturated rings. The minimum Gasteiger partial charge on any atom is -0.484 e. The smallest absolute Gasteiger partial charge is 0.261 e. The average molecular weight is 477 g/mol. The van der Waals surface area contributed by atoms with Crippen LogP contribution in [-0.4, -0.2) is 35.4 Å². The Kier molecular flexibility index (Phi) is 9.24. The van der Waals surface area contributed by atoms with Crippen molar-refractivity contribution >= 4 is 35.0 Å². The first-order chi connectivity index (χ1) is 15.5. The first-order valence-electron chi connectivity index (χ1n) is 11.2. The number of carbonyl (C=O) groups excluding carboxylic acids is 2. The van der Waals surface area contributed by atoms with E-state index in [1.165, 1.54) is 11.3 Å². The molecule has 32 heavy (non-hydrogen) atoms. The number of para-hydroxylation sites is 1. The summed E-state index contributed by atoms with van der Waals surface area (Å²) in [6, 6.07) is 13.9. The molecule has 3 rings (SSSR count). The van der Waals surface area contributed by atoms with Crippen molar-refractivity contribution in [3.8, 4) is 5.75 Å². The molecule has 0 unspecified atom stereocenters. The van der Waals surface area contributed by atoms with E-state index in [0.717, 1.165) is 25.7 Å². The van der Waals surface area contributed by atoms with Crippen molar-refractivity contribution in [2.24, 2.45) is 0 Å². The molecule has 5 nitrogen and oxygen atoms in total. The summed E-state index contributed by atoms with van der Waals surface area (Å²) in [6.45, 7) is 1.85. The van der Waals surface area contributed by atoms with Crippen LogP contribution in [0.5, 0.6) is 5.75 Å². The van der Waals surface area contributed by atoms with Crippen LogP contribution in [0.3, 0.4) is 0 Å². The highest BCUT2D eigenvalue weighted by Crippen LogP contribution is 2.27. The highest BCUT2D eigenvalue weighted by Gasteiger charge is 2.31. The monoisotopic (exact) mass is 476 g/mol. The summed E-state index contributed by atoms with van der Waals surface area (Å²) in [7, 11) is 0. The fourth-order valence-electron chi connectivity index (χ4n) is 4.06. The summed E-state index contributed by atoms with van der Waals surface area (Å²) in [6.07, 6.45) is 5.86. The summed E-state index contributed by atoms with van der Waals surface area (Å²) in [5, 5.41) is 4.07. The molecule has 0 heterocycles. The molecule has 2 amide bonds. The van der Waals surface area contributed by atoms with Crippen LogP contribution in [-0.2, 0) is 16.1 Å². The summed E-state index contributed by atoms with van der Waals surface area (Å²) in [4.78, 5) is 28.0. The van der Waals surface area contributed by atoms with Gasteiger partial charge in [-0.2, -0.15) is 0 Å². The number of amides is 2. The molecule has 1 saturated carbocycles. The Hall–Kier alpha value is -2.24. The maximum absolute atomic E-state index is 13.3. The van der Waals surface area contributed by atoms with E-state index in [1.807, 2.05) is 25.1 Å². The van der Waals surface area contributed by atoms with Gasteiger partial charge in [-0.15, -0.1) is 0 Å². The summed E-state index contributed by atoms with van der Waals surface area (Å²) < 4.78 is 5.68. The Morgan fingerprint density at radius 2 is 1.69 bits per heavy atom. The van der Waals surface area contributed by atoms with Crippen LogP contribution in [0.4, 0.5) is 0 Å². The highest BCUT2D eigenvalue weighted by molar-refractivity contribution is 6.36. The van der Waals surface area contributed by atoms with Crippen LogP contribution in [0.15, 0.2) is 48.5 Å². The normalized spacial score (nSPS) is 15.1. The van der Waals surface area contributed by atoms with E-state index in [2.05, 4.69) is 5.32 Å². The van der Waals surface area contributed by atoms with Crippen LogP contribution in [0.1, 0.15) is 51.0 Å². The lowest BCUT2D eigenvalue weighted by atomic mass is 9.95. The molecule has 1 aliphatic rings. The van der Waals surface area contributed by atoms with Crippen molar-refractivity contribution in [3.63, 3.8) is 0 Å². The van der Waals surface area contributed by atoms with Crippen molar-refractivity contribution in [3.05, 3.63) is 64.1 Å². The number of hydrogen-bond donors (Lipinski definition) is 1. The van der Waals surface area contributed by atoms with Gasteiger partial charge in [0.25, 0.3) is 5.91 Å². The third-order valence-electron chi connectivity index (χ3n) is 5.83. The number of ether oxygens (including phenoxy) is 1. The molecule has 1 N–H and O–H groups in total. The molecular weight excluding hydrogens is 447 g/mol. The van der Waals surface area contributed by atoms with Gasteiger partial charge in [0, 0.05) is 28.2 Å². The summed E-state index contributed by atoms with van der Waals surface area (Å²) in [5.74, 6) is 0.155. The van der Waals surface area contributed by atoms with Crippen LogP contribution < -0.4 is 10.1 Å². The Labute approximate surface area is 200 Å². The minimum absolute atomic E-state index is 0.131. The molecule has 1 aliphatic carbocycles. The number of nitrogens with zero attached hydrogens (tertiary/aromatic N) is 1. The molecule has 0 aromatic heterocycles. The van der Waals surface area contributed by atoms with Crippen LogP contribution in [0.2, 0.25) is 10.0 Å². The van der Waals surface area contributed by atoms with Crippen LogP contribution in [0.25, 0.3) is 0 Å². The largest absolute Gasteiger partial charge is 0.484 e. The van der Waals surface area contributed by atoms with Crippen molar-refractivity contribution in [1.82, 2.24) is 10.2 Å². The fraction of sp³-hybridized carbons (Fsp3) is 0.440. The predicted octanol–water partition coefficient (Wildman–Crippen LogP) is 5.63. The zero-order chi connectivity index (χ0) is 22.9. The van der Waals surface area contributed by atoms with Crippen molar-refractivity contribution in [2.75, 3.05) is 6.61 Å². The van der Waals surface area contributed by atoms with E-state index < -0.39 is 6.04 Å². The van der Waals surface area contributed by atoms with Gasteiger partial charge in [0.05, 0.1) is 0 Å². The molecule has 0 radical (unpaired) electrons. The molecule has 0 bridgehead atoms. The maximum Gasteiger partial charge on any atom is 0.261 e. The van der Waals surface area contributed by atoms with E-state index in [9.17, 15) is 9.59 Å². The lowest BCUT2D eigenvalue weighted by Crippen LogP contribution is -2.52. The van der Waals surface area contributed by atoms with Crippen molar-refractivity contribution in [1.29, 1.82) is 0 Å². The third-order valence-corrected chi connectivity index (χ3v) is 6.54. The molecule has 0 aliphatic heterocycles. The lowest BCUT2D eigenvalue weighted by Gasteiger charge is -2.33. The molecule has 1 atom stereocenters. The zero-order valence-electron chi connectivity index (χ0n) is 18.4. The molecular formula is C25H30Cl2N2O3. The maximum atomic E-state index is 13.3. The number of nitrogens with one attached hydrogen (secondary N) is 1. The van der Waals surface area contributed by atoms with E-state index in [4.69, 9.17) is 27.9 Å². The van der Waals surface area contributed by atoms with Gasteiger partial charge >= 0.3 is 0 Å². The van der Waals surface area contributed by atoms with E-state index >= 15 is 0 Å². The number of halogens is 2. The SMILES string of the molecule is CC[C@H](C(=O)NC1CCCCC1)N(Cc1c(Cl)cccc1Cl)C(=O)COc1ccccc1. The molecule has 2 aromatic rings. The van der Waals surface area contributed by atoms with Gasteiger partial charge in [-0.1, -0.05) is 73.7 Å². The fourth-order valence-corrected chi connectivity index (χ4v) is 4.58. The number of carbonyl (C=O) groups is 2. The Bertz CT molecular complexity index is 881. The van der Waals surface area contributed by atoms with Gasteiger partial charge in [0.1, 0.15) is 11.8 Å².